The molecule has 1 aliphatic heterocycles. The van der Waals surface area contributed by atoms with Crippen molar-refractivity contribution in [3.8, 4) is 0 Å². The van der Waals surface area contributed by atoms with Crippen molar-refractivity contribution in [1.29, 1.82) is 0 Å². The predicted molar refractivity (Wildman–Crippen MR) is 90.2 cm³/mol. The van der Waals surface area contributed by atoms with Crippen molar-refractivity contribution in [3.05, 3.63) is 0 Å². The Hall–Kier alpha value is 0.310. The summed E-state index contributed by atoms with van der Waals surface area (Å²) in [5, 5.41) is 3.73. The number of rotatable bonds is 12. The lowest BCUT2D eigenvalue weighted by molar-refractivity contribution is 0.465. The Morgan fingerprint density at radius 1 is 0.789 bits per heavy atom. The van der Waals surface area contributed by atoms with Crippen molar-refractivity contribution in [2.45, 2.75) is 90.0 Å². The van der Waals surface area contributed by atoms with Crippen molar-refractivity contribution in [2.75, 3.05) is 18.1 Å². The van der Waals surface area contributed by atoms with Crippen LogP contribution in [0.2, 0.25) is 0 Å². The first kappa shape index (κ1) is 17.4. The maximum absolute atomic E-state index is 3.73. The largest absolute Gasteiger partial charge is 0.314 e. The topological polar surface area (TPSA) is 12.0 Å². The van der Waals surface area contributed by atoms with Gasteiger partial charge in [0.25, 0.3) is 0 Å². The van der Waals surface area contributed by atoms with Crippen LogP contribution in [0.4, 0.5) is 0 Å². The summed E-state index contributed by atoms with van der Waals surface area (Å²) in [7, 11) is 0. The number of thioether (sulfide) groups is 1. The van der Waals surface area contributed by atoms with Crippen LogP contribution in [0.25, 0.3) is 0 Å². The monoisotopic (exact) mass is 285 g/mol. The highest BCUT2D eigenvalue weighted by Gasteiger charge is 2.11. The van der Waals surface area contributed by atoms with E-state index in [9.17, 15) is 0 Å². The highest BCUT2D eigenvalue weighted by Crippen LogP contribution is 2.17. The van der Waals surface area contributed by atoms with E-state index < -0.39 is 0 Å². The number of unbranched alkanes of at least 4 members (excludes halogenated alkanes) is 9. The third kappa shape index (κ3) is 10.7. The molecule has 0 radical (unpaired) electrons. The van der Waals surface area contributed by atoms with Crippen LogP contribution in [-0.2, 0) is 0 Å². The normalized spacial score (nSPS) is 16.9. The molecule has 1 aliphatic rings. The van der Waals surface area contributed by atoms with Crippen LogP contribution in [0.5, 0.6) is 0 Å². The van der Waals surface area contributed by atoms with Crippen molar-refractivity contribution >= 4 is 11.8 Å². The molecule has 1 saturated heterocycles. The van der Waals surface area contributed by atoms with E-state index in [1.54, 1.807) is 0 Å². The van der Waals surface area contributed by atoms with E-state index in [0.717, 1.165) is 6.04 Å². The number of nitrogens with one attached hydrogen (secondary N) is 1. The van der Waals surface area contributed by atoms with Crippen LogP contribution in [0.15, 0.2) is 0 Å². The van der Waals surface area contributed by atoms with E-state index in [2.05, 4.69) is 24.0 Å². The molecule has 1 heterocycles. The molecule has 1 nitrogen and oxygen atoms in total. The maximum Gasteiger partial charge on any atom is 0.00827 e. The van der Waals surface area contributed by atoms with Crippen LogP contribution in [0, 0.1) is 0 Å². The molecule has 1 N–H and O–H groups in total. The molecule has 0 spiro atoms. The molecule has 114 valence electrons. The molecule has 0 unspecified atom stereocenters. The number of hydrogen-bond donors (Lipinski definition) is 1. The summed E-state index contributed by atoms with van der Waals surface area (Å²) in [5.74, 6) is 2.74. The van der Waals surface area contributed by atoms with Crippen LogP contribution in [0.3, 0.4) is 0 Å². The van der Waals surface area contributed by atoms with Gasteiger partial charge in [0, 0.05) is 6.04 Å². The Morgan fingerprint density at radius 3 is 1.89 bits per heavy atom. The molecule has 0 amide bonds. The van der Waals surface area contributed by atoms with E-state index in [4.69, 9.17) is 0 Å². The fourth-order valence-corrected chi connectivity index (χ4v) is 3.93. The lowest BCUT2D eigenvalue weighted by atomic mass is 10.1. The van der Waals surface area contributed by atoms with E-state index in [0.29, 0.717) is 0 Å². The van der Waals surface area contributed by atoms with Crippen molar-refractivity contribution in [1.82, 2.24) is 5.32 Å². The molecule has 2 heteroatoms. The zero-order chi connectivity index (χ0) is 13.6. The molecule has 0 saturated carbocycles. The Morgan fingerprint density at radius 2 is 1.32 bits per heavy atom. The van der Waals surface area contributed by atoms with Crippen LogP contribution < -0.4 is 5.32 Å². The summed E-state index contributed by atoms with van der Waals surface area (Å²) in [6.45, 7) is 3.55. The van der Waals surface area contributed by atoms with Crippen molar-refractivity contribution in [2.24, 2.45) is 0 Å². The molecule has 1 rings (SSSR count). The molecule has 0 atom stereocenters. The van der Waals surface area contributed by atoms with Gasteiger partial charge in [-0.15, -0.1) is 0 Å². The molecule has 19 heavy (non-hydrogen) atoms. The fraction of sp³-hybridized carbons (Fsp3) is 1.00. The summed E-state index contributed by atoms with van der Waals surface area (Å²) in [5.41, 5.74) is 0. The van der Waals surface area contributed by atoms with Gasteiger partial charge in [-0.25, -0.2) is 0 Å². The van der Waals surface area contributed by atoms with Gasteiger partial charge in [0.15, 0.2) is 0 Å². The van der Waals surface area contributed by atoms with E-state index in [1.165, 1.54) is 95.1 Å². The third-order valence-electron chi connectivity index (χ3n) is 4.18. The first-order valence-corrected chi connectivity index (χ1v) is 9.90. The van der Waals surface area contributed by atoms with Crippen LogP contribution >= 0.6 is 11.8 Å². The second-order valence-corrected chi connectivity index (χ2v) is 7.25. The maximum atomic E-state index is 3.73. The molecule has 0 aromatic carbocycles. The molecular formula is C17H35NS. The average molecular weight is 286 g/mol. The van der Waals surface area contributed by atoms with Gasteiger partial charge in [-0.05, 0) is 37.3 Å². The Kier molecular flexibility index (Phi) is 12.2. The van der Waals surface area contributed by atoms with Gasteiger partial charge in [0.2, 0.25) is 0 Å². The predicted octanol–water partition coefficient (Wildman–Crippen LogP) is 5.39. The van der Waals surface area contributed by atoms with Gasteiger partial charge in [-0.1, -0.05) is 64.7 Å². The third-order valence-corrected chi connectivity index (χ3v) is 5.23. The quantitative estimate of drug-likeness (QED) is 0.482. The summed E-state index contributed by atoms with van der Waals surface area (Å²) in [4.78, 5) is 0. The van der Waals surface area contributed by atoms with Gasteiger partial charge >= 0.3 is 0 Å². The summed E-state index contributed by atoms with van der Waals surface area (Å²) in [6, 6.07) is 0.833. The minimum atomic E-state index is 0.833. The van der Waals surface area contributed by atoms with Crippen LogP contribution in [0.1, 0.15) is 84.0 Å². The van der Waals surface area contributed by atoms with Crippen molar-refractivity contribution in [3.63, 3.8) is 0 Å². The Balaban J connectivity index is 1.71. The van der Waals surface area contributed by atoms with Crippen LogP contribution in [-0.4, -0.2) is 24.1 Å². The smallest absolute Gasteiger partial charge is 0.00827 e. The second kappa shape index (κ2) is 13.3. The average Bonchev–Trinajstić information content (AvgIpc) is 2.46. The van der Waals surface area contributed by atoms with Gasteiger partial charge in [-0.3, -0.25) is 0 Å². The Labute approximate surface area is 125 Å². The molecule has 1 fully saturated rings. The minimum Gasteiger partial charge on any atom is -0.314 e. The molecule has 0 aliphatic carbocycles. The summed E-state index contributed by atoms with van der Waals surface area (Å²) < 4.78 is 0. The molecule has 0 aromatic rings. The second-order valence-electron chi connectivity index (χ2n) is 6.02. The van der Waals surface area contributed by atoms with Gasteiger partial charge in [0.1, 0.15) is 0 Å². The lowest BCUT2D eigenvalue weighted by Gasteiger charge is -2.22. The van der Waals surface area contributed by atoms with Gasteiger partial charge < -0.3 is 5.32 Å². The van der Waals surface area contributed by atoms with Crippen molar-refractivity contribution < 1.29 is 0 Å². The lowest BCUT2D eigenvalue weighted by Crippen LogP contribution is -2.33. The zero-order valence-corrected chi connectivity index (χ0v) is 13.9. The first-order chi connectivity index (χ1) is 9.43. The highest BCUT2D eigenvalue weighted by molar-refractivity contribution is 7.99. The molecule has 0 bridgehead atoms. The van der Waals surface area contributed by atoms with E-state index >= 15 is 0 Å². The van der Waals surface area contributed by atoms with Gasteiger partial charge in [0.05, 0.1) is 0 Å². The number of hydrogen-bond acceptors (Lipinski definition) is 2. The van der Waals surface area contributed by atoms with E-state index in [1.807, 2.05) is 0 Å². The van der Waals surface area contributed by atoms with E-state index in [-0.39, 0.29) is 0 Å². The van der Waals surface area contributed by atoms with Gasteiger partial charge in [-0.2, -0.15) is 11.8 Å². The minimum absolute atomic E-state index is 0.833. The fourth-order valence-electron chi connectivity index (χ4n) is 2.82. The Bertz CT molecular complexity index is 178. The zero-order valence-electron chi connectivity index (χ0n) is 13.1. The standard InChI is InChI=1S/C17H35NS/c1-2-3-4-5-6-7-8-9-10-11-14-18-17-12-15-19-16-13-17/h17-18H,2-16H2,1H3. The summed E-state index contributed by atoms with van der Waals surface area (Å²) in [6.07, 6.45) is 17.2. The summed E-state index contributed by atoms with van der Waals surface area (Å²) >= 11 is 2.12. The first-order valence-electron chi connectivity index (χ1n) is 8.74. The SMILES string of the molecule is CCCCCCCCCCCCNC1CCSCC1. The molecule has 0 aromatic heterocycles. The highest BCUT2D eigenvalue weighted by atomic mass is 32.2. The molecular weight excluding hydrogens is 250 g/mol.